The summed E-state index contributed by atoms with van der Waals surface area (Å²) in [5.74, 6) is 0.169. The van der Waals surface area contributed by atoms with Gasteiger partial charge in [-0.1, -0.05) is 62.4 Å². The summed E-state index contributed by atoms with van der Waals surface area (Å²) in [5, 5.41) is 5.36. The Hall–Kier alpha value is -6.97. The Morgan fingerprint density at radius 1 is 0.800 bits per heavy atom. The molecule has 0 radical (unpaired) electrons. The Kier molecular flexibility index (Phi) is 10.9. The number of benzene rings is 3. The van der Waals surface area contributed by atoms with Gasteiger partial charge in [0, 0.05) is 18.5 Å². The highest BCUT2D eigenvalue weighted by molar-refractivity contribution is 6.04. The number of ether oxygens (including phenoxy) is 2. The molecule has 16 heteroatoms. The largest absolute Gasteiger partial charge is 0.453 e. The summed E-state index contributed by atoms with van der Waals surface area (Å²) < 4.78 is 9.55. The van der Waals surface area contributed by atoms with Gasteiger partial charge in [-0.25, -0.2) is 19.6 Å². The maximum Gasteiger partial charge on any atom is 0.407 e. The summed E-state index contributed by atoms with van der Waals surface area (Å²) in [6.45, 7) is 4.36. The van der Waals surface area contributed by atoms with Crippen LogP contribution < -0.4 is 21.3 Å². The first-order valence-corrected chi connectivity index (χ1v) is 20.0. The number of aromatic nitrogens is 4. The van der Waals surface area contributed by atoms with Gasteiger partial charge in [-0.2, -0.15) is 0 Å². The van der Waals surface area contributed by atoms with E-state index in [2.05, 4.69) is 25.6 Å². The maximum atomic E-state index is 14.0. The van der Waals surface area contributed by atoms with Crippen LogP contribution in [0.5, 0.6) is 0 Å². The summed E-state index contributed by atoms with van der Waals surface area (Å²) in [6.07, 6.45) is 4.98. The van der Waals surface area contributed by atoms with E-state index in [0.29, 0.717) is 43.0 Å². The molecule has 2 aromatic heterocycles. The molecule has 5 aromatic rings. The maximum absolute atomic E-state index is 14.0. The van der Waals surface area contributed by atoms with E-state index in [1.54, 1.807) is 34.3 Å². The van der Waals surface area contributed by atoms with Crippen molar-refractivity contribution in [1.29, 1.82) is 0 Å². The van der Waals surface area contributed by atoms with Gasteiger partial charge in [-0.3, -0.25) is 19.3 Å². The fraction of sp³-hybridized carbons (Fsp3) is 0.341. The number of anilines is 1. The minimum absolute atomic E-state index is 0.120. The van der Waals surface area contributed by atoms with E-state index in [-0.39, 0.29) is 23.8 Å². The Bertz CT molecular complexity index is 2460. The molecule has 5 amide bonds. The number of aryl methyl sites for hydroxylation is 1. The third-order valence-corrected chi connectivity index (χ3v) is 11.7. The third kappa shape index (κ3) is 7.55. The lowest BCUT2D eigenvalue weighted by Gasteiger charge is -2.30. The van der Waals surface area contributed by atoms with Crippen LogP contribution in [0.25, 0.3) is 33.6 Å². The number of carbonyl (C=O) groups is 5. The molecule has 3 aromatic carbocycles. The smallest absolute Gasteiger partial charge is 0.407 e. The summed E-state index contributed by atoms with van der Waals surface area (Å²) in [4.78, 5) is 83.7. The Morgan fingerprint density at radius 3 is 1.93 bits per heavy atom. The first kappa shape index (κ1) is 39.8. The zero-order chi connectivity index (χ0) is 42.2. The number of imidazole rings is 2. The first-order valence-electron chi connectivity index (χ1n) is 20.0. The monoisotopic (exact) mass is 813 g/mol. The van der Waals surface area contributed by atoms with Crippen LogP contribution in [0.3, 0.4) is 0 Å². The highest BCUT2D eigenvalue weighted by Crippen LogP contribution is 2.45. The van der Waals surface area contributed by atoms with E-state index in [0.717, 1.165) is 63.3 Å². The fourth-order valence-electron chi connectivity index (χ4n) is 8.61. The number of rotatable bonds is 10. The van der Waals surface area contributed by atoms with Crippen molar-refractivity contribution in [3.8, 4) is 33.6 Å². The van der Waals surface area contributed by atoms with Crippen molar-refractivity contribution in [3.63, 3.8) is 0 Å². The van der Waals surface area contributed by atoms with Gasteiger partial charge in [0.15, 0.2) is 0 Å². The van der Waals surface area contributed by atoms with Gasteiger partial charge in [0.05, 0.1) is 55.8 Å². The molecule has 3 aliphatic rings. The quantitative estimate of drug-likeness (QED) is 0.119. The fourth-order valence-corrected chi connectivity index (χ4v) is 8.61. The zero-order valence-electron chi connectivity index (χ0n) is 33.8. The minimum Gasteiger partial charge on any atom is -0.453 e. The van der Waals surface area contributed by atoms with Crippen molar-refractivity contribution < 1.29 is 33.4 Å². The van der Waals surface area contributed by atoms with Gasteiger partial charge < -0.3 is 40.7 Å². The van der Waals surface area contributed by atoms with Crippen molar-refractivity contribution >= 4 is 35.6 Å². The molecule has 16 nitrogen and oxygen atoms in total. The molecule has 310 valence electrons. The third-order valence-electron chi connectivity index (χ3n) is 11.7. The molecule has 4 atom stereocenters. The predicted molar refractivity (Wildman–Crippen MR) is 221 cm³/mol. The lowest BCUT2D eigenvalue weighted by atomic mass is 9.98. The number of nitrogens with zero attached hydrogens (tertiary/aromatic N) is 4. The number of hydrogen-bond donors (Lipinski definition) is 5. The average molecular weight is 814 g/mol. The molecular weight excluding hydrogens is 767 g/mol. The van der Waals surface area contributed by atoms with Crippen LogP contribution >= 0.6 is 0 Å². The summed E-state index contributed by atoms with van der Waals surface area (Å²) in [7, 11) is 2.53. The summed E-state index contributed by atoms with van der Waals surface area (Å²) >= 11 is 0. The zero-order valence-corrected chi connectivity index (χ0v) is 33.8. The SMILES string of the molecule is COC(=O)N[C@H]1CCc2cc(C(N)=O)cc3c2N(C1=O)[C@H](c1ncc(-c2ccc(-c4ccc(-c5cnc([C@@H]6CCCN6C(=O)[C@@H](NC(=O)OC)C(C)C)[nH]5)cc4)cc2)[nH]1)C3. The number of likely N-dealkylation sites (tertiary alicyclic amines) is 1. The lowest BCUT2D eigenvalue weighted by molar-refractivity contribution is -0.135. The number of H-pyrrole nitrogens is 2. The summed E-state index contributed by atoms with van der Waals surface area (Å²) in [6, 6.07) is 17.5. The van der Waals surface area contributed by atoms with E-state index in [1.807, 2.05) is 62.4 Å². The van der Waals surface area contributed by atoms with Crippen molar-refractivity contribution in [2.24, 2.45) is 11.7 Å². The molecule has 0 bridgehead atoms. The molecule has 0 unspecified atom stereocenters. The number of nitrogens with one attached hydrogen (secondary N) is 4. The van der Waals surface area contributed by atoms with E-state index in [1.165, 1.54) is 14.2 Å². The molecule has 5 heterocycles. The van der Waals surface area contributed by atoms with Gasteiger partial charge in [0.1, 0.15) is 23.7 Å². The van der Waals surface area contributed by atoms with Gasteiger partial charge in [-0.15, -0.1) is 0 Å². The number of aromatic amines is 2. The van der Waals surface area contributed by atoms with E-state index in [9.17, 15) is 24.0 Å². The average Bonchev–Trinajstić information content (AvgIpc) is 4.09. The van der Waals surface area contributed by atoms with Crippen molar-refractivity contribution in [2.45, 2.75) is 70.1 Å². The Labute approximate surface area is 346 Å². The molecule has 8 rings (SSSR count). The second-order valence-electron chi connectivity index (χ2n) is 15.7. The Morgan fingerprint density at radius 2 is 1.37 bits per heavy atom. The van der Waals surface area contributed by atoms with Gasteiger partial charge >= 0.3 is 12.2 Å². The van der Waals surface area contributed by atoms with Crippen LogP contribution in [0.15, 0.2) is 73.1 Å². The molecule has 6 N–H and O–H groups in total. The number of amides is 5. The van der Waals surface area contributed by atoms with Gasteiger partial charge in [-0.05, 0) is 77.1 Å². The van der Waals surface area contributed by atoms with E-state index in [4.69, 9.17) is 20.2 Å². The molecule has 1 saturated heterocycles. The predicted octanol–water partition coefficient (Wildman–Crippen LogP) is 5.58. The first-order chi connectivity index (χ1) is 28.9. The van der Waals surface area contributed by atoms with Crippen molar-refractivity contribution in [3.05, 3.63) is 101 Å². The van der Waals surface area contributed by atoms with Crippen molar-refractivity contribution in [1.82, 2.24) is 35.5 Å². The highest BCUT2D eigenvalue weighted by Gasteiger charge is 2.44. The standard InChI is InChI=1S/C44H47N9O7/c1-23(2)36(51-44(58)60-4)42(56)52-17-5-6-34(52)39-46-21-32(48-39)26-11-7-24(8-12-26)25-9-13-27(14-10-25)33-22-47-40(49-33)35-20-29-19-30(38(45)54)18-28-15-16-31(50-43(57)59-3)41(55)53(35)37(28)29/h7-14,18-19,21-23,31,34-36H,5-6,15-17,20H2,1-4H3,(H2,45,54)(H,46,48)(H,47,49)(H,50,57)(H,51,58)/t31-,34-,35-,36-/m0/s1. The minimum atomic E-state index is -0.828. The topological polar surface area (TPSA) is 218 Å². The number of nitrogens with two attached hydrogens (primary N) is 1. The molecule has 60 heavy (non-hydrogen) atoms. The summed E-state index contributed by atoms with van der Waals surface area (Å²) in [5.41, 5.74) is 13.9. The van der Waals surface area contributed by atoms with Crippen LogP contribution in [-0.2, 0) is 31.9 Å². The van der Waals surface area contributed by atoms with Gasteiger partial charge in [0.2, 0.25) is 17.7 Å². The van der Waals surface area contributed by atoms with Crippen LogP contribution in [0, 0.1) is 5.92 Å². The van der Waals surface area contributed by atoms with Crippen LogP contribution in [-0.4, -0.2) is 87.6 Å². The molecular formula is C44H47N9O7. The van der Waals surface area contributed by atoms with E-state index < -0.39 is 36.2 Å². The van der Waals surface area contributed by atoms with E-state index >= 15 is 0 Å². The Balaban J connectivity index is 0.969. The van der Waals surface area contributed by atoms with Gasteiger partial charge in [0.25, 0.3) is 0 Å². The molecule has 0 spiro atoms. The normalized spacial score (nSPS) is 18.8. The molecule has 0 saturated carbocycles. The second kappa shape index (κ2) is 16.4. The van der Waals surface area contributed by atoms with Crippen LogP contribution in [0.1, 0.15) is 78.3 Å². The number of primary amides is 1. The highest BCUT2D eigenvalue weighted by atomic mass is 16.5. The van der Waals surface area contributed by atoms with Crippen LogP contribution in [0.4, 0.5) is 15.3 Å². The number of carbonyl (C=O) groups excluding carboxylic acids is 5. The second-order valence-corrected chi connectivity index (χ2v) is 15.7. The molecule has 0 aliphatic carbocycles. The van der Waals surface area contributed by atoms with Crippen LogP contribution in [0.2, 0.25) is 0 Å². The lowest BCUT2D eigenvalue weighted by Crippen LogP contribution is -2.51. The molecule has 3 aliphatic heterocycles. The molecule has 1 fully saturated rings. The van der Waals surface area contributed by atoms with Crippen molar-refractivity contribution in [2.75, 3.05) is 25.7 Å². The number of alkyl carbamates (subject to hydrolysis) is 2. The number of hydrogen-bond acceptors (Lipinski definition) is 9. The number of methoxy groups -OCH3 is 2.